The van der Waals surface area contributed by atoms with Crippen molar-refractivity contribution in [2.45, 2.75) is 29.9 Å². The molecule has 2 amide bonds. The van der Waals surface area contributed by atoms with E-state index in [0.29, 0.717) is 16.3 Å². The van der Waals surface area contributed by atoms with Gasteiger partial charge in [-0.1, -0.05) is 66.2 Å². The van der Waals surface area contributed by atoms with Crippen LogP contribution in [0.25, 0.3) is 11.1 Å². The van der Waals surface area contributed by atoms with Gasteiger partial charge in [0.05, 0.1) is 12.0 Å². The summed E-state index contributed by atoms with van der Waals surface area (Å²) in [6, 6.07) is 26.5. The molecular weight excluding hydrogens is 530 g/mol. The topological polar surface area (TPSA) is 119 Å². The van der Waals surface area contributed by atoms with Crippen LogP contribution < -0.4 is 10.6 Å². The zero-order chi connectivity index (χ0) is 27.8. The lowest BCUT2D eigenvalue weighted by atomic mass is 10.0. The number of hydrogen-bond acceptors (Lipinski definition) is 6. The van der Waals surface area contributed by atoms with Gasteiger partial charge in [-0.15, -0.1) is 23.1 Å². The summed E-state index contributed by atoms with van der Waals surface area (Å²) < 4.78 is 0. The number of aryl methyl sites for hydroxylation is 1. The van der Waals surface area contributed by atoms with Gasteiger partial charge in [-0.3, -0.25) is 14.4 Å². The molecule has 1 heterocycles. The highest BCUT2D eigenvalue weighted by Crippen LogP contribution is 2.40. The van der Waals surface area contributed by atoms with Crippen LogP contribution in [-0.2, 0) is 14.4 Å². The number of carboxylic acid groups (broad SMARTS) is 1. The average Bonchev–Trinajstić information content (AvgIpc) is 3.34. The Morgan fingerprint density at radius 3 is 2.41 bits per heavy atom. The van der Waals surface area contributed by atoms with E-state index in [1.54, 1.807) is 18.2 Å². The SMILES string of the molecule is Cc1ccc(-c2csc(NC(=O)C(Sc3cccc(NC(=O)CCC(=O)O)c3)c3ccccc3)c2C#N)cc1. The number of carbonyl (C=O) groups is 3. The number of rotatable bonds is 10. The summed E-state index contributed by atoms with van der Waals surface area (Å²) in [6.07, 6.45) is -0.385. The number of anilines is 2. The maximum atomic E-state index is 13.6. The molecule has 0 radical (unpaired) electrons. The molecule has 0 saturated heterocycles. The third-order valence-electron chi connectivity index (χ3n) is 5.78. The van der Waals surface area contributed by atoms with E-state index in [1.165, 1.54) is 23.1 Å². The third kappa shape index (κ3) is 7.35. The molecule has 7 nitrogen and oxygen atoms in total. The van der Waals surface area contributed by atoms with Gasteiger partial charge in [0.2, 0.25) is 11.8 Å². The number of nitriles is 1. The molecule has 39 heavy (non-hydrogen) atoms. The number of benzene rings is 3. The molecule has 1 aromatic heterocycles. The number of hydrogen-bond donors (Lipinski definition) is 3. The van der Waals surface area contributed by atoms with Crippen LogP contribution in [0.3, 0.4) is 0 Å². The molecule has 0 aliphatic carbocycles. The van der Waals surface area contributed by atoms with E-state index < -0.39 is 17.1 Å². The smallest absolute Gasteiger partial charge is 0.303 e. The number of carboxylic acids is 1. The van der Waals surface area contributed by atoms with Crippen LogP contribution >= 0.6 is 23.1 Å². The number of carbonyl (C=O) groups excluding carboxylic acids is 2. The van der Waals surface area contributed by atoms with Crippen molar-refractivity contribution in [1.82, 2.24) is 0 Å². The first-order valence-electron chi connectivity index (χ1n) is 12.1. The van der Waals surface area contributed by atoms with Gasteiger partial charge in [-0.25, -0.2) is 0 Å². The molecular formula is C30H25N3O4S2. The lowest BCUT2D eigenvalue weighted by Crippen LogP contribution is -2.19. The van der Waals surface area contributed by atoms with E-state index in [-0.39, 0.29) is 18.7 Å². The second-order valence-corrected chi connectivity index (χ2v) is 10.8. The van der Waals surface area contributed by atoms with E-state index in [9.17, 15) is 19.6 Å². The maximum absolute atomic E-state index is 13.6. The van der Waals surface area contributed by atoms with Crippen LogP contribution in [0.4, 0.5) is 10.7 Å². The molecule has 4 rings (SSSR count). The van der Waals surface area contributed by atoms with Gasteiger partial charge in [-0.2, -0.15) is 5.26 Å². The Kier molecular flexibility index (Phi) is 9.15. The van der Waals surface area contributed by atoms with Gasteiger partial charge >= 0.3 is 5.97 Å². The van der Waals surface area contributed by atoms with Crippen molar-refractivity contribution in [2.75, 3.05) is 10.6 Å². The lowest BCUT2D eigenvalue weighted by Gasteiger charge is -2.17. The first-order valence-corrected chi connectivity index (χ1v) is 13.8. The Balaban J connectivity index is 1.56. The van der Waals surface area contributed by atoms with Crippen molar-refractivity contribution in [1.29, 1.82) is 5.26 Å². The standard InChI is InChI=1S/C30H25N3O4S2/c1-19-10-12-20(13-11-19)25-18-38-30(24(25)17-31)33-29(37)28(21-6-3-2-4-7-21)39-23-9-5-8-22(16-23)32-26(34)14-15-27(35)36/h2-13,16,18,28H,14-15H2,1H3,(H,32,34)(H,33,37)(H,35,36). The van der Waals surface area contributed by atoms with Gasteiger partial charge in [-0.05, 0) is 36.2 Å². The largest absolute Gasteiger partial charge is 0.481 e. The lowest BCUT2D eigenvalue weighted by molar-refractivity contribution is -0.138. The normalized spacial score (nSPS) is 11.3. The van der Waals surface area contributed by atoms with Gasteiger partial charge in [0.1, 0.15) is 16.3 Å². The second kappa shape index (κ2) is 12.9. The van der Waals surface area contributed by atoms with Crippen molar-refractivity contribution < 1.29 is 19.5 Å². The van der Waals surface area contributed by atoms with Crippen LogP contribution in [0.5, 0.6) is 0 Å². The molecule has 1 unspecified atom stereocenters. The molecule has 4 aromatic rings. The van der Waals surface area contributed by atoms with Crippen LogP contribution in [-0.4, -0.2) is 22.9 Å². The zero-order valence-corrected chi connectivity index (χ0v) is 22.6. The first kappa shape index (κ1) is 27.6. The fourth-order valence-electron chi connectivity index (χ4n) is 3.81. The van der Waals surface area contributed by atoms with E-state index in [0.717, 1.165) is 27.1 Å². The van der Waals surface area contributed by atoms with Crippen LogP contribution in [0, 0.1) is 18.3 Å². The summed E-state index contributed by atoms with van der Waals surface area (Å²) in [5, 5.41) is 26.1. The predicted octanol–water partition coefficient (Wildman–Crippen LogP) is 6.87. The number of nitrogens with zero attached hydrogens (tertiary/aromatic N) is 1. The minimum absolute atomic E-state index is 0.131. The minimum atomic E-state index is -1.04. The molecule has 196 valence electrons. The number of amides is 2. The Morgan fingerprint density at radius 1 is 0.974 bits per heavy atom. The van der Waals surface area contributed by atoms with E-state index >= 15 is 0 Å². The molecule has 9 heteroatoms. The maximum Gasteiger partial charge on any atom is 0.303 e. The highest BCUT2D eigenvalue weighted by atomic mass is 32.2. The molecule has 0 bridgehead atoms. The average molecular weight is 556 g/mol. The second-order valence-electron chi connectivity index (χ2n) is 8.70. The van der Waals surface area contributed by atoms with Crippen LogP contribution in [0.1, 0.15) is 34.8 Å². The van der Waals surface area contributed by atoms with Crippen molar-refractivity contribution in [2.24, 2.45) is 0 Å². The van der Waals surface area contributed by atoms with Crippen LogP contribution in [0.2, 0.25) is 0 Å². The quantitative estimate of drug-likeness (QED) is 0.184. The third-order valence-corrected chi connectivity index (χ3v) is 7.92. The fourth-order valence-corrected chi connectivity index (χ4v) is 5.82. The Hall–Kier alpha value is -4.39. The number of thioether (sulfide) groups is 1. The fraction of sp³-hybridized carbons (Fsp3) is 0.133. The number of thiophene rings is 1. The summed E-state index contributed by atoms with van der Waals surface area (Å²) in [4.78, 5) is 37.2. The summed E-state index contributed by atoms with van der Waals surface area (Å²) in [7, 11) is 0. The molecule has 1 atom stereocenters. The summed E-state index contributed by atoms with van der Waals surface area (Å²) in [5.74, 6) is -1.72. The van der Waals surface area contributed by atoms with Crippen LogP contribution in [0.15, 0.2) is 89.1 Å². The molecule has 3 N–H and O–H groups in total. The Bertz CT molecular complexity index is 1530. The predicted molar refractivity (Wildman–Crippen MR) is 155 cm³/mol. The van der Waals surface area contributed by atoms with E-state index in [1.807, 2.05) is 73.0 Å². The van der Waals surface area contributed by atoms with E-state index in [2.05, 4.69) is 16.7 Å². The highest BCUT2D eigenvalue weighted by molar-refractivity contribution is 8.00. The Labute approximate surface area is 234 Å². The molecule has 0 saturated carbocycles. The molecule has 0 fully saturated rings. The Morgan fingerprint density at radius 2 is 1.72 bits per heavy atom. The summed E-state index contributed by atoms with van der Waals surface area (Å²) in [6.45, 7) is 2.00. The number of aliphatic carboxylic acids is 1. The van der Waals surface area contributed by atoms with E-state index in [4.69, 9.17) is 5.11 Å². The van der Waals surface area contributed by atoms with Crippen molar-refractivity contribution >= 4 is 51.6 Å². The number of nitrogens with one attached hydrogen (secondary N) is 2. The first-order chi connectivity index (χ1) is 18.8. The molecule has 0 spiro atoms. The summed E-state index contributed by atoms with van der Waals surface area (Å²) >= 11 is 2.62. The molecule has 0 aliphatic heterocycles. The monoisotopic (exact) mass is 555 g/mol. The van der Waals surface area contributed by atoms with Gasteiger partial charge in [0.15, 0.2) is 0 Å². The highest BCUT2D eigenvalue weighted by Gasteiger charge is 2.25. The van der Waals surface area contributed by atoms with Crippen molar-refractivity contribution in [3.8, 4) is 17.2 Å². The van der Waals surface area contributed by atoms with Gasteiger partial charge in [0, 0.05) is 27.9 Å². The zero-order valence-electron chi connectivity index (χ0n) is 21.0. The van der Waals surface area contributed by atoms with Gasteiger partial charge in [0.25, 0.3) is 0 Å². The van der Waals surface area contributed by atoms with Crippen molar-refractivity contribution in [3.05, 3.63) is 101 Å². The molecule has 0 aliphatic rings. The van der Waals surface area contributed by atoms with Gasteiger partial charge < -0.3 is 15.7 Å². The molecule has 3 aromatic carbocycles. The summed E-state index contributed by atoms with van der Waals surface area (Å²) in [5.41, 5.74) is 4.51. The van der Waals surface area contributed by atoms with Crippen molar-refractivity contribution in [3.63, 3.8) is 0 Å². The minimum Gasteiger partial charge on any atom is -0.481 e.